The molecule has 0 bridgehead atoms. The quantitative estimate of drug-likeness (QED) is 0.787. The number of benzene rings is 1. The van der Waals surface area contributed by atoms with E-state index in [1.165, 1.54) is 6.33 Å². The SMILES string of the molecule is CCn1ncnc1CC(O)c1cncc2ccccc12. The van der Waals surface area contributed by atoms with Crippen LogP contribution in [0.2, 0.25) is 0 Å². The van der Waals surface area contributed by atoms with Crippen molar-refractivity contribution in [2.24, 2.45) is 0 Å². The van der Waals surface area contributed by atoms with Crippen molar-refractivity contribution >= 4 is 10.8 Å². The lowest BCUT2D eigenvalue weighted by atomic mass is 10.0. The third-order valence-electron chi connectivity index (χ3n) is 3.43. The number of nitrogens with zero attached hydrogens (tertiary/aromatic N) is 4. The monoisotopic (exact) mass is 268 g/mol. The lowest BCUT2D eigenvalue weighted by Crippen LogP contribution is -2.10. The smallest absolute Gasteiger partial charge is 0.138 e. The minimum absolute atomic E-state index is 0.434. The molecule has 0 aliphatic heterocycles. The molecular formula is C15H16N4O. The van der Waals surface area contributed by atoms with Crippen LogP contribution in [0.1, 0.15) is 24.4 Å². The average molecular weight is 268 g/mol. The number of aliphatic hydroxyl groups excluding tert-OH is 1. The van der Waals surface area contributed by atoms with Gasteiger partial charge in [-0.25, -0.2) is 4.98 Å². The molecule has 102 valence electrons. The van der Waals surface area contributed by atoms with Crippen LogP contribution in [-0.4, -0.2) is 24.9 Å². The maximum Gasteiger partial charge on any atom is 0.138 e. The molecule has 5 heteroatoms. The molecule has 2 heterocycles. The van der Waals surface area contributed by atoms with E-state index in [9.17, 15) is 5.11 Å². The van der Waals surface area contributed by atoms with Gasteiger partial charge in [-0.05, 0) is 12.3 Å². The molecule has 0 saturated heterocycles. The van der Waals surface area contributed by atoms with E-state index in [0.29, 0.717) is 6.42 Å². The molecule has 0 fully saturated rings. The van der Waals surface area contributed by atoms with Crippen molar-refractivity contribution in [1.82, 2.24) is 19.7 Å². The van der Waals surface area contributed by atoms with E-state index >= 15 is 0 Å². The first-order valence-corrected chi connectivity index (χ1v) is 6.67. The fourth-order valence-electron chi connectivity index (χ4n) is 2.40. The summed E-state index contributed by atoms with van der Waals surface area (Å²) in [5.41, 5.74) is 0.828. The zero-order valence-electron chi connectivity index (χ0n) is 11.3. The lowest BCUT2D eigenvalue weighted by Gasteiger charge is -2.13. The summed E-state index contributed by atoms with van der Waals surface area (Å²) in [7, 11) is 0. The number of hydrogen-bond acceptors (Lipinski definition) is 4. The molecule has 1 N–H and O–H groups in total. The third-order valence-corrected chi connectivity index (χ3v) is 3.43. The summed E-state index contributed by atoms with van der Waals surface area (Å²) in [6, 6.07) is 7.92. The van der Waals surface area contributed by atoms with E-state index in [4.69, 9.17) is 0 Å². The average Bonchev–Trinajstić information content (AvgIpc) is 2.93. The maximum absolute atomic E-state index is 10.5. The van der Waals surface area contributed by atoms with Gasteiger partial charge in [0.1, 0.15) is 12.2 Å². The van der Waals surface area contributed by atoms with Gasteiger partial charge < -0.3 is 5.11 Å². The molecule has 5 nitrogen and oxygen atoms in total. The van der Waals surface area contributed by atoms with Gasteiger partial charge in [-0.15, -0.1) is 0 Å². The normalized spacial score (nSPS) is 12.7. The Morgan fingerprint density at radius 1 is 1.25 bits per heavy atom. The summed E-state index contributed by atoms with van der Waals surface area (Å²) in [6.07, 6.45) is 4.85. The zero-order valence-corrected chi connectivity index (χ0v) is 11.3. The molecule has 0 aliphatic carbocycles. The Kier molecular flexibility index (Phi) is 3.43. The summed E-state index contributed by atoms with van der Waals surface area (Å²) < 4.78 is 1.79. The van der Waals surface area contributed by atoms with E-state index < -0.39 is 6.10 Å². The highest BCUT2D eigenvalue weighted by Crippen LogP contribution is 2.25. The van der Waals surface area contributed by atoms with Crippen LogP contribution in [0.3, 0.4) is 0 Å². The molecule has 3 aromatic rings. The Bertz CT molecular complexity index is 717. The molecule has 0 radical (unpaired) electrons. The second-order valence-corrected chi connectivity index (χ2v) is 4.66. The number of aliphatic hydroxyl groups is 1. The Balaban J connectivity index is 1.95. The molecule has 0 spiro atoms. The van der Waals surface area contributed by atoms with E-state index in [2.05, 4.69) is 15.1 Å². The van der Waals surface area contributed by atoms with Crippen molar-refractivity contribution in [2.45, 2.75) is 26.0 Å². The highest BCUT2D eigenvalue weighted by atomic mass is 16.3. The minimum atomic E-state index is -0.636. The van der Waals surface area contributed by atoms with Gasteiger partial charge in [-0.1, -0.05) is 24.3 Å². The summed E-state index contributed by atoms with van der Waals surface area (Å²) >= 11 is 0. The first-order valence-electron chi connectivity index (χ1n) is 6.67. The van der Waals surface area contributed by atoms with Gasteiger partial charge in [-0.3, -0.25) is 9.67 Å². The first-order chi connectivity index (χ1) is 9.79. The number of aromatic nitrogens is 4. The first kappa shape index (κ1) is 12.7. The summed E-state index contributed by atoms with van der Waals surface area (Å²) in [6.45, 7) is 2.75. The van der Waals surface area contributed by atoms with Crippen LogP contribution < -0.4 is 0 Å². The highest BCUT2D eigenvalue weighted by Gasteiger charge is 2.15. The summed E-state index contributed by atoms with van der Waals surface area (Å²) in [5, 5.41) is 16.7. The standard InChI is InChI=1S/C15H16N4O/c1-2-19-15(17-10-18-19)7-14(20)13-9-16-8-11-5-3-4-6-12(11)13/h3-6,8-10,14,20H,2,7H2,1H3. The Labute approximate surface area is 116 Å². The molecule has 0 aliphatic rings. The second kappa shape index (κ2) is 5.38. The van der Waals surface area contributed by atoms with Crippen molar-refractivity contribution in [1.29, 1.82) is 0 Å². The van der Waals surface area contributed by atoms with Gasteiger partial charge in [0.2, 0.25) is 0 Å². The van der Waals surface area contributed by atoms with Crippen LogP contribution >= 0.6 is 0 Å². The van der Waals surface area contributed by atoms with Crippen molar-refractivity contribution in [3.05, 3.63) is 54.4 Å². The third kappa shape index (κ3) is 2.28. The van der Waals surface area contributed by atoms with E-state index in [1.54, 1.807) is 17.1 Å². The zero-order chi connectivity index (χ0) is 13.9. The highest BCUT2D eigenvalue weighted by molar-refractivity contribution is 5.84. The van der Waals surface area contributed by atoms with Crippen molar-refractivity contribution in [3.8, 4) is 0 Å². The van der Waals surface area contributed by atoms with Crippen LogP contribution in [0.15, 0.2) is 43.0 Å². The number of fused-ring (bicyclic) bond motifs is 1. The number of aryl methyl sites for hydroxylation is 1. The predicted octanol–water partition coefficient (Wildman–Crippen LogP) is 2.12. The predicted molar refractivity (Wildman–Crippen MR) is 76.1 cm³/mol. The minimum Gasteiger partial charge on any atom is -0.388 e. The second-order valence-electron chi connectivity index (χ2n) is 4.66. The van der Waals surface area contributed by atoms with Crippen LogP contribution in [0.25, 0.3) is 10.8 Å². The molecule has 1 atom stereocenters. The van der Waals surface area contributed by atoms with Crippen LogP contribution in [0.4, 0.5) is 0 Å². The van der Waals surface area contributed by atoms with Gasteiger partial charge in [0.25, 0.3) is 0 Å². The number of pyridine rings is 1. The van der Waals surface area contributed by atoms with E-state index in [1.807, 2.05) is 31.2 Å². The van der Waals surface area contributed by atoms with Gasteiger partial charge in [-0.2, -0.15) is 5.10 Å². The van der Waals surface area contributed by atoms with Crippen LogP contribution in [0, 0.1) is 0 Å². The molecule has 1 unspecified atom stereocenters. The van der Waals surface area contributed by atoms with Gasteiger partial charge >= 0.3 is 0 Å². The maximum atomic E-state index is 10.5. The Morgan fingerprint density at radius 3 is 2.95 bits per heavy atom. The molecule has 20 heavy (non-hydrogen) atoms. The number of rotatable bonds is 4. The Hall–Kier alpha value is -2.27. The Morgan fingerprint density at radius 2 is 2.10 bits per heavy atom. The summed E-state index contributed by atoms with van der Waals surface area (Å²) in [4.78, 5) is 8.41. The largest absolute Gasteiger partial charge is 0.388 e. The van der Waals surface area contributed by atoms with Crippen LogP contribution in [0.5, 0.6) is 0 Å². The molecule has 2 aromatic heterocycles. The van der Waals surface area contributed by atoms with E-state index in [-0.39, 0.29) is 0 Å². The molecule has 1 aromatic carbocycles. The van der Waals surface area contributed by atoms with E-state index in [0.717, 1.165) is 28.7 Å². The topological polar surface area (TPSA) is 63.8 Å². The van der Waals surface area contributed by atoms with Crippen molar-refractivity contribution in [2.75, 3.05) is 0 Å². The van der Waals surface area contributed by atoms with Crippen LogP contribution in [-0.2, 0) is 13.0 Å². The lowest BCUT2D eigenvalue weighted by molar-refractivity contribution is 0.175. The van der Waals surface area contributed by atoms with Gasteiger partial charge in [0, 0.05) is 36.3 Å². The molecule has 3 rings (SSSR count). The fraction of sp³-hybridized carbons (Fsp3) is 0.267. The fourth-order valence-corrected chi connectivity index (χ4v) is 2.40. The molecule has 0 amide bonds. The molecular weight excluding hydrogens is 252 g/mol. The number of hydrogen-bond donors (Lipinski definition) is 1. The van der Waals surface area contributed by atoms with Gasteiger partial charge in [0.15, 0.2) is 0 Å². The summed E-state index contributed by atoms with van der Waals surface area (Å²) in [5.74, 6) is 0.785. The van der Waals surface area contributed by atoms with Crippen molar-refractivity contribution < 1.29 is 5.11 Å². The van der Waals surface area contributed by atoms with Crippen molar-refractivity contribution in [3.63, 3.8) is 0 Å². The van der Waals surface area contributed by atoms with Gasteiger partial charge in [0.05, 0.1) is 6.10 Å². The molecule has 0 saturated carbocycles.